The molecule has 1 saturated heterocycles. The average Bonchev–Trinajstić information content (AvgIpc) is 2.82. The monoisotopic (exact) mass is 246 g/mol. The topological polar surface area (TPSA) is 32.3 Å². The molecule has 2 unspecified atom stereocenters. The van der Waals surface area contributed by atoms with Crippen molar-refractivity contribution < 1.29 is 4.79 Å². The van der Waals surface area contributed by atoms with Crippen LogP contribution in [0.15, 0.2) is 30.3 Å². The SMILES string of the molecule is CCN(Cc1ccccc1)C(=O)C1CCNC1C. The number of nitrogens with zero attached hydrogens (tertiary/aromatic N) is 1. The molecule has 0 saturated carbocycles. The molecule has 1 aliphatic rings. The quantitative estimate of drug-likeness (QED) is 0.881. The fraction of sp³-hybridized carbons (Fsp3) is 0.533. The van der Waals surface area contributed by atoms with Crippen LogP contribution in [0.3, 0.4) is 0 Å². The van der Waals surface area contributed by atoms with E-state index in [1.165, 1.54) is 5.56 Å². The van der Waals surface area contributed by atoms with Gasteiger partial charge in [-0.2, -0.15) is 0 Å². The van der Waals surface area contributed by atoms with Gasteiger partial charge in [0.15, 0.2) is 0 Å². The highest BCUT2D eigenvalue weighted by molar-refractivity contribution is 5.79. The Bertz CT molecular complexity index is 391. The highest BCUT2D eigenvalue weighted by Gasteiger charge is 2.32. The van der Waals surface area contributed by atoms with Crippen LogP contribution in [0, 0.1) is 5.92 Å². The summed E-state index contributed by atoms with van der Waals surface area (Å²) in [5.74, 6) is 0.438. The minimum atomic E-state index is 0.147. The van der Waals surface area contributed by atoms with Gasteiger partial charge in [0.05, 0.1) is 5.92 Å². The molecule has 0 aliphatic carbocycles. The number of hydrogen-bond donors (Lipinski definition) is 1. The maximum absolute atomic E-state index is 12.5. The number of amides is 1. The summed E-state index contributed by atoms with van der Waals surface area (Å²) in [7, 11) is 0. The molecule has 18 heavy (non-hydrogen) atoms. The molecule has 1 aromatic carbocycles. The van der Waals surface area contributed by atoms with E-state index in [0.717, 1.165) is 26.1 Å². The summed E-state index contributed by atoms with van der Waals surface area (Å²) in [5.41, 5.74) is 1.20. The molecule has 1 aliphatic heterocycles. The first kappa shape index (κ1) is 13.1. The second kappa shape index (κ2) is 6.01. The van der Waals surface area contributed by atoms with Crippen molar-refractivity contribution in [3.63, 3.8) is 0 Å². The van der Waals surface area contributed by atoms with E-state index in [-0.39, 0.29) is 5.92 Å². The second-order valence-corrected chi connectivity index (χ2v) is 4.98. The van der Waals surface area contributed by atoms with E-state index < -0.39 is 0 Å². The Morgan fingerprint density at radius 1 is 1.39 bits per heavy atom. The molecular formula is C15H22N2O. The van der Waals surface area contributed by atoms with Gasteiger partial charge in [-0.3, -0.25) is 4.79 Å². The molecule has 3 heteroatoms. The smallest absolute Gasteiger partial charge is 0.227 e. The Kier molecular flexibility index (Phi) is 4.37. The Morgan fingerprint density at radius 3 is 2.67 bits per heavy atom. The molecule has 0 radical (unpaired) electrons. The van der Waals surface area contributed by atoms with Crippen LogP contribution in [-0.2, 0) is 11.3 Å². The summed E-state index contributed by atoms with van der Waals surface area (Å²) in [6, 6.07) is 10.5. The molecule has 1 amide bonds. The number of carbonyl (C=O) groups excluding carboxylic acids is 1. The van der Waals surface area contributed by atoms with Crippen LogP contribution in [0.4, 0.5) is 0 Å². The zero-order valence-corrected chi connectivity index (χ0v) is 11.2. The van der Waals surface area contributed by atoms with Crippen LogP contribution in [0.1, 0.15) is 25.8 Å². The molecule has 1 aromatic rings. The zero-order valence-electron chi connectivity index (χ0n) is 11.2. The average molecular weight is 246 g/mol. The zero-order chi connectivity index (χ0) is 13.0. The predicted octanol–water partition coefficient (Wildman–Crippen LogP) is 2.03. The van der Waals surface area contributed by atoms with Gasteiger partial charge in [-0.1, -0.05) is 30.3 Å². The Morgan fingerprint density at radius 2 is 2.11 bits per heavy atom. The third kappa shape index (κ3) is 2.91. The predicted molar refractivity (Wildman–Crippen MR) is 73.1 cm³/mol. The maximum atomic E-state index is 12.5. The van der Waals surface area contributed by atoms with E-state index >= 15 is 0 Å². The van der Waals surface area contributed by atoms with Crippen molar-refractivity contribution in [1.29, 1.82) is 0 Å². The van der Waals surface area contributed by atoms with Crippen molar-refractivity contribution in [2.24, 2.45) is 5.92 Å². The molecule has 98 valence electrons. The highest BCUT2D eigenvalue weighted by Crippen LogP contribution is 2.19. The fourth-order valence-electron chi connectivity index (χ4n) is 2.58. The van der Waals surface area contributed by atoms with Gasteiger partial charge in [0.2, 0.25) is 5.91 Å². The largest absolute Gasteiger partial charge is 0.338 e. The second-order valence-electron chi connectivity index (χ2n) is 4.98. The molecular weight excluding hydrogens is 224 g/mol. The van der Waals surface area contributed by atoms with Crippen molar-refractivity contribution in [2.45, 2.75) is 32.9 Å². The van der Waals surface area contributed by atoms with E-state index in [1.807, 2.05) is 30.0 Å². The number of hydrogen-bond acceptors (Lipinski definition) is 2. The Hall–Kier alpha value is -1.35. The molecule has 1 fully saturated rings. The third-order valence-corrected chi connectivity index (χ3v) is 3.75. The lowest BCUT2D eigenvalue weighted by molar-refractivity contribution is -0.136. The first-order valence-corrected chi connectivity index (χ1v) is 6.78. The minimum Gasteiger partial charge on any atom is -0.338 e. The van der Waals surface area contributed by atoms with E-state index in [1.54, 1.807) is 0 Å². The highest BCUT2D eigenvalue weighted by atomic mass is 16.2. The van der Waals surface area contributed by atoms with E-state index in [4.69, 9.17) is 0 Å². The number of benzene rings is 1. The molecule has 2 rings (SSSR count). The first-order valence-electron chi connectivity index (χ1n) is 6.78. The lowest BCUT2D eigenvalue weighted by Crippen LogP contribution is -2.39. The fourth-order valence-corrected chi connectivity index (χ4v) is 2.58. The van der Waals surface area contributed by atoms with Crippen molar-refractivity contribution in [3.05, 3.63) is 35.9 Å². The molecule has 1 N–H and O–H groups in total. The summed E-state index contributed by atoms with van der Waals surface area (Å²) in [4.78, 5) is 14.4. The molecule has 2 atom stereocenters. The van der Waals surface area contributed by atoms with Gasteiger partial charge in [0, 0.05) is 19.1 Å². The first-order chi connectivity index (χ1) is 8.72. The van der Waals surface area contributed by atoms with Crippen LogP contribution in [-0.4, -0.2) is 29.9 Å². The van der Waals surface area contributed by atoms with Crippen LogP contribution in [0.2, 0.25) is 0 Å². The Labute approximate surface area is 109 Å². The van der Waals surface area contributed by atoms with E-state index in [9.17, 15) is 4.79 Å². The lowest BCUT2D eigenvalue weighted by Gasteiger charge is -2.26. The van der Waals surface area contributed by atoms with Gasteiger partial charge >= 0.3 is 0 Å². The summed E-state index contributed by atoms with van der Waals surface area (Å²) < 4.78 is 0. The normalized spacial score (nSPS) is 23.0. The summed E-state index contributed by atoms with van der Waals surface area (Å²) >= 11 is 0. The molecule has 0 bridgehead atoms. The van der Waals surface area contributed by atoms with Gasteiger partial charge < -0.3 is 10.2 Å². The van der Waals surface area contributed by atoms with Gasteiger partial charge in [-0.25, -0.2) is 0 Å². The number of nitrogens with one attached hydrogen (secondary N) is 1. The summed E-state index contributed by atoms with van der Waals surface area (Å²) in [6.07, 6.45) is 0.964. The number of carbonyl (C=O) groups is 1. The van der Waals surface area contributed by atoms with Gasteiger partial charge in [0.1, 0.15) is 0 Å². The Balaban J connectivity index is 2.02. The van der Waals surface area contributed by atoms with Crippen LogP contribution in [0.25, 0.3) is 0 Å². The number of rotatable bonds is 4. The van der Waals surface area contributed by atoms with Crippen LogP contribution in [0.5, 0.6) is 0 Å². The van der Waals surface area contributed by atoms with Crippen molar-refractivity contribution in [2.75, 3.05) is 13.1 Å². The minimum absolute atomic E-state index is 0.147. The van der Waals surface area contributed by atoms with Crippen molar-refractivity contribution in [1.82, 2.24) is 10.2 Å². The molecule has 3 nitrogen and oxygen atoms in total. The van der Waals surface area contributed by atoms with Crippen molar-refractivity contribution >= 4 is 5.91 Å². The van der Waals surface area contributed by atoms with E-state index in [0.29, 0.717) is 11.9 Å². The van der Waals surface area contributed by atoms with Crippen molar-refractivity contribution in [3.8, 4) is 0 Å². The summed E-state index contributed by atoms with van der Waals surface area (Å²) in [5, 5.41) is 3.35. The molecule has 1 heterocycles. The molecule has 0 spiro atoms. The van der Waals surface area contributed by atoms with Crippen LogP contribution >= 0.6 is 0 Å². The van der Waals surface area contributed by atoms with Crippen LogP contribution < -0.4 is 5.32 Å². The van der Waals surface area contributed by atoms with Gasteiger partial charge in [0.25, 0.3) is 0 Å². The molecule has 0 aromatic heterocycles. The summed E-state index contributed by atoms with van der Waals surface area (Å²) in [6.45, 7) is 6.61. The standard InChI is InChI=1S/C15H22N2O/c1-3-17(11-13-7-5-4-6-8-13)15(18)14-9-10-16-12(14)2/h4-8,12,14,16H,3,9-11H2,1-2H3. The lowest BCUT2D eigenvalue weighted by atomic mass is 10.00. The third-order valence-electron chi connectivity index (χ3n) is 3.75. The maximum Gasteiger partial charge on any atom is 0.227 e. The van der Waals surface area contributed by atoms with E-state index in [2.05, 4.69) is 24.4 Å². The van der Waals surface area contributed by atoms with Gasteiger partial charge in [-0.05, 0) is 32.4 Å². The van der Waals surface area contributed by atoms with Gasteiger partial charge in [-0.15, -0.1) is 0 Å².